The molecule has 4 nitrogen and oxygen atoms in total. The van der Waals surface area contributed by atoms with Crippen molar-refractivity contribution in [2.45, 2.75) is 0 Å². The topological polar surface area (TPSA) is 35.9 Å². The molecule has 0 N–H and O–H groups in total. The Kier molecular flexibility index (Phi) is 3.75. The second-order valence-electron chi connectivity index (χ2n) is 6.77. The first-order valence-corrected chi connectivity index (χ1v) is 9.18. The van der Waals surface area contributed by atoms with Gasteiger partial charge in [-0.2, -0.15) is 0 Å². The molecule has 0 bridgehead atoms. The third-order valence-electron chi connectivity index (χ3n) is 5.14. The van der Waals surface area contributed by atoms with Crippen molar-refractivity contribution in [3.05, 3.63) is 84.4 Å². The van der Waals surface area contributed by atoms with E-state index in [1.54, 1.807) is 0 Å². The minimum Gasteiger partial charge on any atom is -0.308 e. The highest BCUT2D eigenvalue weighted by Gasteiger charge is 2.35. The highest BCUT2D eigenvalue weighted by atomic mass is 16.1. The highest BCUT2D eigenvalue weighted by molar-refractivity contribution is 6.19. The number of guanidine groups is 1. The standard InChI is InChI=1S/C23H19N3O/c27-22(19-12-10-18(11-13-19)17-6-2-1-3-7-17)16-26-21-9-5-4-8-20(21)25-15-14-24-23(25)26/h1-13H,14-16H2. The van der Waals surface area contributed by atoms with Gasteiger partial charge in [-0.1, -0.05) is 66.7 Å². The highest BCUT2D eigenvalue weighted by Crippen LogP contribution is 2.38. The first-order valence-electron chi connectivity index (χ1n) is 9.18. The van der Waals surface area contributed by atoms with E-state index in [4.69, 9.17) is 0 Å². The van der Waals surface area contributed by atoms with Crippen molar-refractivity contribution in [1.82, 2.24) is 0 Å². The number of fused-ring (bicyclic) bond motifs is 3. The van der Waals surface area contributed by atoms with E-state index in [0.717, 1.165) is 47.1 Å². The number of Topliss-reactive ketones (excluding diaryl/α,β-unsaturated/α-hetero) is 1. The van der Waals surface area contributed by atoms with Gasteiger partial charge in [0.15, 0.2) is 5.78 Å². The number of rotatable bonds is 4. The number of benzene rings is 3. The van der Waals surface area contributed by atoms with Gasteiger partial charge >= 0.3 is 0 Å². The maximum absolute atomic E-state index is 12.9. The fourth-order valence-electron chi connectivity index (χ4n) is 3.79. The molecule has 2 aliphatic heterocycles. The summed E-state index contributed by atoms with van der Waals surface area (Å²) in [4.78, 5) is 21.8. The Morgan fingerprint density at radius 1 is 0.815 bits per heavy atom. The molecule has 27 heavy (non-hydrogen) atoms. The zero-order valence-electron chi connectivity index (χ0n) is 14.9. The Balaban J connectivity index is 1.39. The van der Waals surface area contributed by atoms with Gasteiger partial charge < -0.3 is 9.80 Å². The lowest BCUT2D eigenvalue weighted by Crippen LogP contribution is -2.38. The summed E-state index contributed by atoms with van der Waals surface area (Å²) in [6.07, 6.45) is 0. The van der Waals surface area contributed by atoms with E-state index in [-0.39, 0.29) is 5.78 Å². The lowest BCUT2D eigenvalue weighted by molar-refractivity contribution is 0.100. The van der Waals surface area contributed by atoms with Crippen LogP contribution in [0.25, 0.3) is 11.1 Å². The quantitative estimate of drug-likeness (QED) is 0.659. The van der Waals surface area contributed by atoms with Gasteiger partial charge in [-0.3, -0.25) is 9.79 Å². The van der Waals surface area contributed by atoms with Crippen molar-refractivity contribution in [3.63, 3.8) is 0 Å². The Morgan fingerprint density at radius 2 is 1.48 bits per heavy atom. The van der Waals surface area contributed by atoms with Crippen molar-refractivity contribution < 1.29 is 4.79 Å². The maximum atomic E-state index is 12.9. The molecule has 132 valence electrons. The summed E-state index contributed by atoms with van der Waals surface area (Å²) in [6.45, 7) is 1.96. The monoisotopic (exact) mass is 353 g/mol. The number of aliphatic imine (C=N–C) groups is 1. The summed E-state index contributed by atoms with van der Waals surface area (Å²) in [5.74, 6) is 0.992. The normalized spacial score (nSPS) is 14.7. The molecule has 0 saturated carbocycles. The summed E-state index contributed by atoms with van der Waals surface area (Å²) in [5.41, 5.74) is 5.20. The van der Waals surface area contributed by atoms with E-state index >= 15 is 0 Å². The van der Waals surface area contributed by atoms with Crippen molar-refractivity contribution in [1.29, 1.82) is 0 Å². The molecule has 0 saturated heterocycles. The van der Waals surface area contributed by atoms with E-state index < -0.39 is 0 Å². The van der Waals surface area contributed by atoms with Crippen molar-refractivity contribution in [2.24, 2.45) is 4.99 Å². The number of hydrogen-bond acceptors (Lipinski definition) is 4. The predicted octanol–water partition coefficient (Wildman–Crippen LogP) is 4.23. The largest absolute Gasteiger partial charge is 0.308 e. The first-order chi connectivity index (χ1) is 13.3. The van der Waals surface area contributed by atoms with Crippen molar-refractivity contribution >= 4 is 23.1 Å². The molecule has 4 heteroatoms. The number of ketones is 1. The van der Waals surface area contributed by atoms with Crippen LogP contribution in [0, 0.1) is 0 Å². The van der Waals surface area contributed by atoms with Gasteiger partial charge in [0.2, 0.25) is 5.96 Å². The molecule has 0 aromatic heterocycles. The summed E-state index contributed by atoms with van der Waals surface area (Å²) in [7, 11) is 0. The lowest BCUT2D eigenvalue weighted by atomic mass is 10.0. The summed E-state index contributed by atoms with van der Waals surface area (Å²) < 4.78 is 0. The molecular formula is C23H19N3O. The van der Waals surface area contributed by atoms with Crippen LogP contribution in [0.15, 0.2) is 83.9 Å². The van der Waals surface area contributed by atoms with Gasteiger partial charge in [-0.15, -0.1) is 0 Å². The van der Waals surface area contributed by atoms with Crippen molar-refractivity contribution in [3.8, 4) is 11.1 Å². The molecule has 2 heterocycles. The van der Waals surface area contributed by atoms with Crippen LogP contribution in [-0.4, -0.2) is 31.4 Å². The first kappa shape index (κ1) is 15.8. The molecule has 0 unspecified atom stereocenters. The number of hydrogen-bond donors (Lipinski definition) is 0. The van der Waals surface area contributed by atoms with Crippen LogP contribution >= 0.6 is 0 Å². The molecule has 0 aliphatic carbocycles. The van der Waals surface area contributed by atoms with Crippen LogP contribution in [0.1, 0.15) is 10.4 Å². The molecule has 3 aromatic rings. The number of carbonyl (C=O) groups is 1. The van der Waals surface area contributed by atoms with Gasteiger partial charge in [0.25, 0.3) is 0 Å². The average Bonchev–Trinajstić information content (AvgIpc) is 3.32. The number of para-hydroxylation sites is 2. The van der Waals surface area contributed by atoms with E-state index in [9.17, 15) is 4.79 Å². The van der Waals surface area contributed by atoms with Gasteiger partial charge in [0, 0.05) is 12.1 Å². The van der Waals surface area contributed by atoms with Crippen LogP contribution in [-0.2, 0) is 0 Å². The van der Waals surface area contributed by atoms with Crippen LogP contribution in [0.4, 0.5) is 11.4 Å². The lowest BCUT2D eigenvalue weighted by Gasteiger charge is -2.18. The molecule has 0 atom stereocenters. The third-order valence-corrected chi connectivity index (χ3v) is 5.14. The summed E-state index contributed by atoms with van der Waals surface area (Å²) in [6, 6.07) is 26.2. The number of anilines is 2. The summed E-state index contributed by atoms with van der Waals surface area (Å²) in [5, 5.41) is 0. The van der Waals surface area contributed by atoms with Crippen LogP contribution in [0.3, 0.4) is 0 Å². The van der Waals surface area contributed by atoms with E-state index in [1.165, 1.54) is 0 Å². The van der Waals surface area contributed by atoms with Gasteiger partial charge in [-0.25, -0.2) is 0 Å². The molecule has 0 radical (unpaired) electrons. The van der Waals surface area contributed by atoms with Gasteiger partial charge in [-0.05, 0) is 23.3 Å². The molecule has 3 aromatic carbocycles. The number of carbonyl (C=O) groups excluding carboxylic acids is 1. The van der Waals surface area contributed by atoms with Crippen LogP contribution < -0.4 is 9.80 Å². The average molecular weight is 353 g/mol. The van der Waals surface area contributed by atoms with E-state index in [2.05, 4.69) is 34.2 Å². The van der Waals surface area contributed by atoms with Crippen LogP contribution in [0.5, 0.6) is 0 Å². The maximum Gasteiger partial charge on any atom is 0.206 e. The zero-order valence-corrected chi connectivity index (χ0v) is 14.9. The molecule has 0 amide bonds. The van der Waals surface area contributed by atoms with Crippen molar-refractivity contribution in [2.75, 3.05) is 29.4 Å². The second-order valence-corrected chi connectivity index (χ2v) is 6.77. The zero-order chi connectivity index (χ0) is 18.2. The molecule has 0 spiro atoms. The molecular weight excluding hydrogens is 334 g/mol. The Bertz CT molecular complexity index is 1030. The summed E-state index contributed by atoms with van der Waals surface area (Å²) >= 11 is 0. The predicted molar refractivity (Wildman–Crippen MR) is 110 cm³/mol. The Hall–Kier alpha value is -3.40. The molecule has 0 fully saturated rings. The minimum atomic E-state index is 0.0980. The molecule has 5 rings (SSSR count). The minimum absolute atomic E-state index is 0.0980. The number of nitrogens with zero attached hydrogens (tertiary/aromatic N) is 3. The molecule has 2 aliphatic rings. The smallest absolute Gasteiger partial charge is 0.206 e. The SMILES string of the molecule is O=C(CN1C2=NCCN2c2ccccc21)c1ccc(-c2ccccc2)cc1. The Morgan fingerprint density at radius 3 is 2.26 bits per heavy atom. The van der Waals surface area contributed by atoms with E-state index in [0.29, 0.717) is 6.54 Å². The van der Waals surface area contributed by atoms with Crippen LogP contribution in [0.2, 0.25) is 0 Å². The second kappa shape index (κ2) is 6.40. The van der Waals surface area contributed by atoms with Gasteiger partial charge in [0.05, 0.1) is 24.5 Å². The fraction of sp³-hybridized carbons (Fsp3) is 0.130. The fourth-order valence-corrected chi connectivity index (χ4v) is 3.79. The van der Waals surface area contributed by atoms with Gasteiger partial charge in [0.1, 0.15) is 0 Å². The third kappa shape index (κ3) is 2.70. The van der Waals surface area contributed by atoms with E-state index in [1.807, 2.05) is 59.5 Å². The Labute approximate surface area is 158 Å².